The normalized spacial score (nSPS) is 12.0. The number of anilines is 1. The second-order valence-electron chi connectivity index (χ2n) is 10.6. The van der Waals surface area contributed by atoms with Crippen LogP contribution in [0.3, 0.4) is 0 Å². The third kappa shape index (κ3) is 5.78. The summed E-state index contributed by atoms with van der Waals surface area (Å²) in [5, 5.41) is 13.4. The van der Waals surface area contributed by atoms with Crippen molar-refractivity contribution in [3.63, 3.8) is 0 Å². The average molecular weight is 621 g/mol. The van der Waals surface area contributed by atoms with Crippen molar-refractivity contribution in [3.05, 3.63) is 107 Å². The van der Waals surface area contributed by atoms with Crippen LogP contribution in [0.2, 0.25) is 0 Å². The number of amides is 1. The highest BCUT2D eigenvalue weighted by Crippen LogP contribution is 2.33. The number of nitrogen functional groups attached to an aromatic ring is 1. The van der Waals surface area contributed by atoms with Gasteiger partial charge in [-0.15, -0.1) is 0 Å². The molecule has 4 heterocycles. The van der Waals surface area contributed by atoms with Gasteiger partial charge in [-0.25, -0.2) is 24.0 Å². The quantitative estimate of drug-likeness (QED) is 0.219. The van der Waals surface area contributed by atoms with Crippen LogP contribution in [0.15, 0.2) is 73.2 Å². The standard InChI is InChI=1S/C25H23N7O.C8H6FNO3/c1-33-15-16-13-28-31(14-16)22-10-9-21-25(30-22)32(19-8-7-17-4-2-5-18(17)12-19)24(29-21)20-6-3-11-27-23(20)26;9-6-2-7(12)4(3-11)1-5(6)8(10)13/h3,6-14H,2,4-5,15H2,1H3,(H2,26,27);1-3,12H,(H2,10,13). The third-order valence-electron chi connectivity index (χ3n) is 7.60. The summed E-state index contributed by atoms with van der Waals surface area (Å²) in [6.07, 6.45) is 9.12. The minimum Gasteiger partial charge on any atom is -0.507 e. The number of primary amides is 1. The van der Waals surface area contributed by atoms with Gasteiger partial charge in [0.1, 0.15) is 22.9 Å². The summed E-state index contributed by atoms with van der Waals surface area (Å²) < 4.78 is 21.9. The van der Waals surface area contributed by atoms with Gasteiger partial charge in [0.15, 0.2) is 23.6 Å². The van der Waals surface area contributed by atoms with Crippen LogP contribution in [-0.4, -0.2) is 53.7 Å². The molecule has 1 aliphatic carbocycles. The van der Waals surface area contributed by atoms with Gasteiger partial charge in [0, 0.05) is 36.8 Å². The Morgan fingerprint density at radius 1 is 1.11 bits per heavy atom. The molecule has 7 rings (SSSR count). The molecule has 12 nitrogen and oxygen atoms in total. The Hall–Kier alpha value is -5.95. The minimum atomic E-state index is -0.986. The van der Waals surface area contributed by atoms with E-state index in [0.717, 1.165) is 52.7 Å². The number of pyridine rings is 2. The van der Waals surface area contributed by atoms with Crippen LogP contribution in [0.5, 0.6) is 5.75 Å². The Balaban J connectivity index is 0.000000242. The lowest BCUT2D eigenvalue weighted by molar-refractivity contribution is 0.0996. The van der Waals surface area contributed by atoms with Crippen molar-refractivity contribution in [2.24, 2.45) is 5.73 Å². The molecule has 0 unspecified atom stereocenters. The summed E-state index contributed by atoms with van der Waals surface area (Å²) in [5.41, 5.74) is 17.6. The molecule has 0 spiro atoms. The number of nitrogens with two attached hydrogens (primary N) is 2. The number of hydrogen-bond donors (Lipinski definition) is 3. The van der Waals surface area contributed by atoms with E-state index < -0.39 is 23.0 Å². The fourth-order valence-corrected chi connectivity index (χ4v) is 5.39. The van der Waals surface area contributed by atoms with E-state index in [1.807, 2.05) is 30.5 Å². The molecule has 5 N–H and O–H groups in total. The SMILES string of the molecule is COCc1cnn(-c2ccc3nc(-c4cccnc4N)n(-c4ccc5c(c4)CCC5)c3n2)c1.NC(=O)c1cc(C=O)c(O)cc1F. The number of aromatic hydroxyl groups is 1. The van der Waals surface area contributed by atoms with Crippen molar-refractivity contribution in [2.75, 3.05) is 12.8 Å². The highest BCUT2D eigenvalue weighted by atomic mass is 19.1. The van der Waals surface area contributed by atoms with Crippen LogP contribution in [0.25, 0.3) is 34.1 Å². The number of methoxy groups -OCH3 is 1. The van der Waals surface area contributed by atoms with Gasteiger partial charge in [0.05, 0.1) is 29.5 Å². The molecule has 46 heavy (non-hydrogen) atoms. The van der Waals surface area contributed by atoms with E-state index in [2.05, 4.69) is 32.8 Å². The Morgan fingerprint density at radius 3 is 2.70 bits per heavy atom. The number of aldehydes is 1. The first-order chi connectivity index (χ1) is 22.3. The van der Waals surface area contributed by atoms with Gasteiger partial charge >= 0.3 is 0 Å². The highest BCUT2D eigenvalue weighted by molar-refractivity contribution is 5.95. The first kappa shape index (κ1) is 30.1. The molecule has 2 aromatic carbocycles. The second kappa shape index (κ2) is 12.6. The lowest BCUT2D eigenvalue weighted by Crippen LogP contribution is -2.13. The van der Waals surface area contributed by atoms with Gasteiger partial charge in [-0.05, 0) is 72.9 Å². The lowest BCUT2D eigenvalue weighted by atomic mass is 10.1. The smallest absolute Gasteiger partial charge is 0.251 e. The number of benzene rings is 2. The van der Waals surface area contributed by atoms with E-state index in [-0.39, 0.29) is 5.56 Å². The molecule has 0 saturated carbocycles. The number of phenolic OH excluding ortho intramolecular Hbond substituents is 1. The van der Waals surface area contributed by atoms with E-state index in [0.29, 0.717) is 30.6 Å². The maximum absolute atomic E-state index is 12.8. The van der Waals surface area contributed by atoms with E-state index in [9.17, 15) is 14.0 Å². The summed E-state index contributed by atoms with van der Waals surface area (Å²) >= 11 is 0. The molecule has 0 atom stereocenters. The predicted octanol–water partition coefficient (Wildman–Crippen LogP) is 4.33. The highest BCUT2D eigenvalue weighted by Gasteiger charge is 2.21. The molecule has 0 fully saturated rings. The molecule has 0 saturated heterocycles. The van der Waals surface area contributed by atoms with Crippen molar-refractivity contribution in [1.82, 2.24) is 29.3 Å². The molecular formula is C33H29FN8O4. The van der Waals surface area contributed by atoms with Crippen LogP contribution in [0.1, 0.15) is 43.8 Å². The number of halogens is 1. The molecule has 0 bridgehead atoms. The average Bonchev–Trinajstić information content (AvgIpc) is 3.80. The number of hydrogen-bond acceptors (Lipinski definition) is 9. The van der Waals surface area contributed by atoms with Crippen LogP contribution in [0.4, 0.5) is 10.2 Å². The van der Waals surface area contributed by atoms with Crippen LogP contribution in [0, 0.1) is 5.82 Å². The van der Waals surface area contributed by atoms with E-state index in [1.165, 1.54) is 17.5 Å². The number of aryl methyl sites for hydroxylation is 2. The number of nitrogens with zero attached hydrogens (tertiary/aromatic N) is 6. The number of aromatic nitrogens is 6. The van der Waals surface area contributed by atoms with Crippen LogP contribution < -0.4 is 11.5 Å². The maximum Gasteiger partial charge on any atom is 0.251 e. The number of imidazole rings is 1. The monoisotopic (exact) mass is 620 g/mol. The van der Waals surface area contributed by atoms with Gasteiger partial charge < -0.3 is 21.3 Å². The summed E-state index contributed by atoms with van der Waals surface area (Å²) in [6, 6.07) is 15.9. The third-order valence-corrected chi connectivity index (χ3v) is 7.60. The van der Waals surface area contributed by atoms with Gasteiger partial charge in [0.2, 0.25) is 0 Å². The maximum atomic E-state index is 12.8. The first-order valence-electron chi connectivity index (χ1n) is 14.3. The summed E-state index contributed by atoms with van der Waals surface area (Å²) in [7, 11) is 1.67. The fourth-order valence-electron chi connectivity index (χ4n) is 5.39. The topological polar surface area (TPSA) is 177 Å². The van der Waals surface area contributed by atoms with E-state index >= 15 is 0 Å². The van der Waals surface area contributed by atoms with Crippen molar-refractivity contribution in [3.8, 4) is 28.6 Å². The zero-order valence-electron chi connectivity index (χ0n) is 24.7. The number of carbonyl (C=O) groups is 2. The molecular weight excluding hydrogens is 591 g/mol. The summed E-state index contributed by atoms with van der Waals surface area (Å²) in [5.74, 6) is -0.586. The van der Waals surface area contributed by atoms with Gasteiger partial charge in [-0.2, -0.15) is 5.10 Å². The zero-order chi connectivity index (χ0) is 32.4. The first-order valence-corrected chi connectivity index (χ1v) is 14.3. The molecule has 1 aliphatic rings. The summed E-state index contributed by atoms with van der Waals surface area (Å²) in [4.78, 5) is 35.0. The van der Waals surface area contributed by atoms with E-state index in [1.54, 1.807) is 24.2 Å². The zero-order valence-corrected chi connectivity index (χ0v) is 24.7. The van der Waals surface area contributed by atoms with Crippen molar-refractivity contribution >= 4 is 29.2 Å². The van der Waals surface area contributed by atoms with E-state index in [4.69, 9.17) is 31.3 Å². The minimum absolute atomic E-state index is 0.171. The molecule has 0 aliphatic heterocycles. The second-order valence-corrected chi connectivity index (χ2v) is 10.6. The molecule has 13 heteroatoms. The number of ether oxygens (including phenoxy) is 1. The Labute approximate surface area is 262 Å². The van der Waals surface area contributed by atoms with Gasteiger partial charge in [-0.1, -0.05) is 6.07 Å². The van der Waals surface area contributed by atoms with Crippen LogP contribution >= 0.6 is 0 Å². The predicted molar refractivity (Wildman–Crippen MR) is 168 cm³/mol. The molecule has 6 aromatic rings. The Kier molecular flexibility index (Phi) is 8.23. The van der Waals surface area contributed by atoms with Crippen LogP contribution in [-0.2, 0) is 24.2 Å². The summed E-state index contributed by atoms with van der Waals surface area (Å²) in [6.45, 7) is 0.500. The number of carbonyl (C=O) groups excluding carboxylic acids is 2. The molecule has 232 valence electrons. The largest absolute Gasteiger partial charge is 0.507 e. The van der Waals surface area contributed by atoms with Crippen molar-refractivity contribution in [2.45, 2.75) is 25.9 Å². The molecule has 0 radical (unpaired) electrons. The fraction of sp³-hybridized carbons (Fsp3) is 0.152. The van der Waals surface area contributed by atoms with Crippen molar-refractivity contribution in [1.29, 1.82) is 0 Å². The van der Waals surface area contributed by atoms with Crippen molar-refractivity contribution < 1.29 is 23.8 Å². The van der Waals surface area contributed by atoms with Gasteiger partial charge in [0.25, 0.3) is 5.91 Å². The molecule has 4 aromatic heterocycles. The number of rotatable bonds is 7. The number of phenols is 1. The molecule has 1 amide bonds. The van der Waals surface area contributed by atoms with Gasteiger partial charge in [-0.3, -0.25) is 14.2 Å². The lowest BCUT2D eigenvalue weighted by Gasteiger charge is -2.12. The number of fused-ring (bicyclic) bond motifs is 2. The Morgan fingerprint density at radius 2 is 1.93 bits per heavy atom. The Bertz CT molecular complexity index is 2110.